The molecular formula is C14H14O4. The summed E-state index contributed by atoms with van der Waals surface area (Å²) in [5.74, 6) is -1.87. The van der Waals surface area contributed by atoms with E-state index in [1.54, 1.807) is 18.2 Å². The molecule has 1 aliphatic carbocycles. The molecule has 2 aliphatic rings. The monoisotopic (exact) mass is 246 g/mol. The average molecular weight is 246 g/mol. The van der Waals surface area contributed by atoms with E-state index < -0.39 is 17.7 Å². The van der Waals surface area contributed by atoms with Gasteiger partial charge in [-0.1, -0.05) is 12.5 Å². The summed E-state index contributed by atoms with van der Waals surface area (Å²) in [5, 5.41) is 0. The molecule has 18 heavy (non-hydrogen) atoms. The van der Waals surface area contributed by atoms with E-state index in [1.165, 1.54) is 6.07 Å². The molecule has 1 aromatic carbocycles. The first-order valence-electron chi connectivity index (χ1n) is 6.25. The second-order valence-corrected chi connectivity index (χ2v) is 4.83. The van der Waals surface area contributed by atoms with Gasteiger partial charge in [0.15, 0.2) is 0 Å². The van der Waals surface area contributed by atoms with Gasteiger partial charge < -0.3 is 9.47 Å². The molecule has 1 aliphatic heterocycles. The average Bonchev–Trinajstić information content (AvgIpc) is 2.39. The van der Waals surface area contributed by atoms with E-state index >= 15 is 0 Å². The SMILES string of the molecule is O=C1OC2(CCCCC2)OC(=O)c2cccc1c2. The van der Waals surface area contributed by atoms with Crippen molar-refractivity contribution < 1.29 is 19.1 Å². The Morgan fingerprint density at radius 1 is 0.889 bits per heavy atom. The van der Waals surface area contributed by atoms with Gasteiger partial charge in [-0.25, -0.2) is 9.59 Å². The molecule has 4 heteroatoms. The molecule has 2 bridgehead atoms. The number of fused-ring (bicyclic) bond motifs is 2. The first kappa shape index (κ1) is 11.3. The van der Waals surface area contributed by atoms with Crippen molar-refractivity contribution in [3.05, 3.63) is 35.4 Å². The summed E-state index contributed by atoms with van der Waals surface area (Å²) in [4.78, 5) is 24.0. The van der Waals surface area contributed by atoms with Crippen molar-refractivity contribution >= 4 is 11.9 Å². The number of esters is 2. The van der Waals surface area contributed by atoms with Crippen LogP contribution in [0.1, 0.15) is 52.8 Å². The third-order valence-electron chi connectivity index (χ3n) is 3.51. The normalized spacial score (nSPS) is 21.8. The van der Waals surface area contributed by atoms with Gasteiger partial charge >= 0.3 is 11.9 Å². The largest absolute Gasteiger partial charge is 0.419 e. The van der Waals surface area contributed by atoms with Crippen LogP contribution in [0.15, 0.2) is 24.3 Å². The summed E-state index contributed by atoms with van der Waals surface area (Å²) < 4.78 is 10.9. The topological polar surface area (TPSA) is 52.6 Å². The minimum atomic E-state index is -1.05. The van der Waals surface area contributed by atoms with Gasteiger partial charge in [-0.05, 0) is 31.0 Å². The summed E-state index contributed by atoms with van der Waals surface area (Å²) in [6.45, 7) is 0. The van der Waals surface area contributed by atoms with E-state index in [9.17, 15) is 9.59 Å². The molecule has 0 unspecified atom stereocenters. The lowest BCUT2D eigenvalue weighted by Crippen LogP contribution is -2.43. The molecule has 0 aromatic heterocycles. The van der Waals surface area contributed by atoms with Crippen LogP contribution >= 0.6 is 0 Å². The molecule has 94 valence electrons. The maximum absolute atomic E-state index is 12.0. The standard InChI is InChI=1S/C14H14O4/c15-12-10-5-4-6-11(9-10)13(16)18-14(17-12)7-2-1-3-8-14/h4-6,9H,1-3,7-8H2. The lowest BCUT2D eigenvalue weighted by Gasteiger charge is -2.36. The molecule has 1 spiro atoms. The molecule has 1 aromatic rings. The minimum absolute atomic E-state index is 0.411. The summed E-state index contributed by atoms with van der Waals surface area (Å²) in [7, 11) is 0. The van der Waals surface area contributed by atoms with Crippen molar-refractivity contribution in [1.82, 2.24) is 0 Å². The van der Waals surface area contributed by atoms with Gasteiger partial charge in [0.1, 0.15) is 0 Å². The third-order valence-corrected chi connectivity index (χ3v) is 3.51. The molecule has 4 nitrogen and oxygen atoms in total. The van der Waals surface area contributed by atoms with Crippen molar-refractivity contribution in [1.29, 1.82) is 0 Å². The maximum atomic E-state index is 12.0. The van der Waals surface area contributed by atoms with Crippen molar-refractivity contribution in [3.63, 3.8) is 0 Å². The number of rotatable bonds is 0. The van der Waals surface area contributed by atoms with Gasteiger partial charge in [0, 0.05) is 12.8 Å². The molecule has 1 heterocycles. The Labute approximate surface area is 105 Å². The van der Waals surface area contributed by atoms with Crippen molar-refractivity contribution in [2.75, 3.05) is 0 Å². The number of benzene rings is 1. The fourth-order valence-electron chi connectivity index (χ4n) is 2.54. The van der Waals surface area contributed by atoms with Gasteiger partial charge in [-0.2, -0.15) is 0 Å². The van der Waals surface area contributed by atoms with Crippen molar-refractivity contribution in [3.8, 4) is 0 Å². The first-order valence-corrected chi connectivity index (χ1v) is 6.25. The highest BCUT2D eigenvalue weighted by atomic mass is 16.7. The van der Waals surface area contributed by atoms with E-state index in [0.29, 0.717) is 24.0 Å². The van der Waals surface area contributed by atoms with E-state index in [0.717, 1.165) is 19.3 Å². The molecule has 3 rings (SSSR count). The van der Waals surface area contributed by atoms with Crippen LogP contribution in [0.2, 0.25) is 0 Å². The highest BCUT2D eigenvalue weighted by Gasteiger charge is 2.41. The molecule has 0 N–H and O–H groups in total. The first-order chi connectivity index (χ1) is 8.69. The quantitative estimate of drug-likeness (QED) is 0.660. The summed E-state index contributed by atoms with van der Waals surface area (Å²) in [6.07, 6.45) is 4.09. The van der Waals surface area contributed by atoms with Crippen molar-refractivity contribution in [2.45, 2.75) is 37.9 Å². The van der Waals surface area contributed by atoms with Gasteiger partial charge in [-0.15, -0.1) is 0 Å². The Balaban J connectivity index is 2.00. The maximum Gasteiger partial charge on any atom is 0.341 e. The number of carbonyl (C=O) groups excluding carboxylic acids is 2. The van der Waals surface area contributed by atoms with Crippen LogP contribution in [-0.4, -0.2) is 17.7 Å². The zero-order chi connectivity index (χ0) is 12.6. The number of carbonyl (C=O) groups is 2. The predicted octanol–water partition coefficient (Wildman–Crippen LogP) is 2.67. The van der Waals surface area contributed by atoms with E-state index in [4.69, 9.17) is 9.47 Å². The van der Waals surface area contributed by atoms with E-state index in [-0.39, 0.29) is 0 Å². The highest BCUT2D eigenvalue weighted by molar-refractivity contribution is 5.96. The summed E-state index contributed by atoms with van der Waals surface area (Å²) in [6, 6.07) is 6.48. The molecule has 1 saturated carbocycles. The lowest BCUT2D eigenvalue weighted by molar-refractivity contribution is -0.186. The van der Waals surface area contributed by atoms with Crippen LogP contribution in [0.3, 0.4) is 0 Å². The van der Waals surface area contributed by atoms with E-state index in [2.05, 4.69) is 0 Å². The zero-order valence-electron chi connectivity index (χ0n) is 9.98. The third kappa shape index (κ3) is 1.88. The molecular weight excluding hydrogens is 232 g/mol. The molecule has 1 fully saturated rings. The van der Waals surface area contributed by atoms with Crippen LogP contribution in [0.5, 0.6) is 0 Å². The van der Waals surface area contributed by atoms with Crippen molar-refractivity contribution in [2.24, 2.45) is 0 Å². The van der Waals surface area contributed by atoms with Gasteiger partial charge in [0.25, 0.3) is 5.79 Å². The van der Waals surface area contributed by atoms with Crippen LogP contribution in [0, 0.1) is 0 Å². The Hall–Kier alpha value is -1.84. The number of ether oxygens (including phenoxy) is 2. The molecule has 0 atom stereocenters. The van der Waals surface area contributed by atoms with Gasteiger partial charge in [0.05, 0.1) is 11.1 Å². The highest BCUT2D eigenvalue weighted by Crippen LogP contribution is 2.35. The van der Waals surface area contributed by atoms with Crippen LogP contribution < -0.4 is 0 Å². The summed E-state index contributed by atoms with van der Waals surface area (Å²) >= 11 is 0. The molecule has 0 saturated heterocycles. The molecule has 0 amide bonds. The van der Waals surface area contributed by atoms with Crippen LogP contribution in [-0.2, 0) is 9.47 Å². The zero-order valence-corrected chi connectivity index (χ0v) is 9.98. The number of hydrogen-bond donors (Lipinski definition) is 0. The van der Waals surface area contributed by atoms with E-state index in [1.807, 2.05) is 0 Å². The summed E-state index contributed by atoms with van der Waals surface area (Å²) in [5.41, 5.74) is 0.822. The van der Waals surface area contributed by atoms with Gasteiger partial charge in [-0.3, -0.25) is 0 Å². The smallest absolute Gasteiger partial charge is 0.341 e. The Morgan fingerprint density at radius 3 is 2.00 bits per heavy atom. The second-order valence-electron chi connectivity index (χ2n) is 4.83. The second kappa shape index (κ2) is 4.12. The fourth-order valence-corrected chi connectivity index (χ4v) is 2.54. The van der Waals surface area contributed by atoms with Gasteiger partial charge in [0.2, 0.25) is 0 Å². The van der Waals surface area contributed by atoms with Crippen LogP contribution in [0.4, 0.5) is 0 Å². The minimum Gasteiger partial charge on any atom is -0.419 e. The Kier molecular flexibility index (Phi) is 2.58. The lowest BCUT2D eigenvalue weighted by atomic mass is 9.93. The van der Waals surface area contributed by atoms with Crippen LogP contribution in [0.25, 0.3) is 0 Å². The molecule has 0 radical (unpaired) electrons. The Morgan fingerprint density at radius 2 is 1.44 bits per heavy atom. The Bertz CT molecular complexity index is 465. The fraction of sp³-hybridized carbons (Fsp3) is 0.429. The predicted molar refractivity (Wildman–Crippen MR) is 63.1 cm³/mol. The number of hydrogen-bond acceptors (Lipinski definition) is 4.